The van der Waals surface area contributed by atoms with Gasteiger partial charge in [0.15, 0.2) is 0 Å². The Morgan fingerprint density at radius 1 is 1.32 bits per heavy atom. The summed E-state index contributed by atoms with van der Waals surface area (Å²) in [5, 5.41) is 12.2. The molecule has 0 spiro atoms. The Morgan fingerprint density at radius 2 is 1.89 bits per heavy atom. The molecule has 0 aliphatic heterocycles. The average Bonchev–Trinajstić information content (AvgIpc) is 2.56. The summed E-state index contributed by atoms with van der Waals surface area (Å²) in [6, 6.07) is 0.537. The quantitative estimate of drug-likeness (QED) is 0.499. The summed E-state index contributed by atoms with van der Waals surface area (Å²) in [6.45, 7) is 1.92. The van der Waals surface area contributed by atoms with Crippen LogP contribution in [0.2, 0.25) is 0 Å². The molecule has 5 heteroatoms. The molecule has 0 radical (unpaired) electrons. The van der Waals surface area contributed by atoms with Gasteiger partial charge in [0.1, 0.15) is 11.7 Å². The summed E-state index contributed by atoms with van der Waals surface area (Å²) in [6.07, 6.45) is 7.71. The van der Waals surface area contributed by atoms with Crippen molar-refractivity contribution in [3.8, 4) is 0 Å². The van der Waals surface area contributed by atoms with Crippen LogP contribution in [-0.2, 0) is 7.05 Å². The van der Waals surface area contributed by atoms with Crippen LogP contribution in [0, 0.1) is 12.3 Å². The Hall–Kier alpha value is -1.52. The lowest BCUT2D eigenvalue weighted by atomic mass is 10.1. The normalized spacial score (nSPS) is 17.2. The van der Waals surface area contributed by atoms with Crippen LogP contribution < -0.4 is 10.6 Å². The van der Waals surface area contributed by atoms with Crippen molar-refractivity contribution in [1.29, 1.82) is 5.41 Å². The number of hydrogen-bond donors (Lipinski definition) is 2. The number of nitrogens with two attached hydrogens (primary N) is 1. The van der Waals surface area contributed by atoms with E-state index in [-0.39, 0.29) is 5.84 Å². The SMILES string of the molecule is Cc1nn(C)c(N(C)C2CCCCCC2)c1C(=N)N. The number of hydrogen-bond acceptors (Lipinski definition) is 3. The van der Waals surface area contributed by atoms with E-state index in [2.05, 4.69) is 17.0 Å². The molecule has 0 bridgehead atoms. The van der Waals surface area contributed by atoms with Crippen molar-refractivity contribution in [2.24, 2.45) is 12.8 Å². The van der Waals surface area contributed by atoms with Crippen molar-refractivity contribution >= 4 is 11.7 Å². The van der Waals surface area contributed by atoms with Gasteiger partial charge in [0.05, 0.1) is 11.3 Å². The van der Waals surface area contributed by atoms with Gasteiger partial charge in [0, 0.05) is 20.1 Å². The van der Waals surface area contributed by atoms with Crippen LogP contribution in [-0.4, -0.2) is 28.7 Å². The van der Waals surface area contributed by atoms with Gasteiger partial charge in [-0.05, 0) is 19.8 Å². The molecule has 0 saturated heterocycles. The van der Waals surface area contributed by atoms with E-state index in [4.69, 9.17) is 11.1 Å². The molecule has 1 aromatic rings. The Balaban J connectivity index is 2.31. The molecular weight excluding hydrogens is 238 g/mol. The highest BCUT2D eigenvalue weighted by molar-refractivity contribution is 6.00. The molecule has 1 aromatic heterocycles. The molecule has 5 nitrogen and oxygen atoms in total. The summed E-state index contributed by atoms with van der Waals surface area (Å²) in [4.78, 5) is 2.28. The predicted molar refractivity (Wildman–Crippen MR) is 78.9 cm³/mol. The standard InChI is InChI=1S/C14H25N5/c1-10-12(13(15)16)14(19(3)17-10)18(2)11-8-6-4-5-7-9-11/h11H,4-9H2,1-3H3,(H3,15,16). The molecule has 1 fully saturated rings. The van der Waals surface area contributed by atoms with E-state index in [0.29, 0.717) is 6.04 Å². The lowest BCUT2D eigenvalue weighted by Crippen LogP contribution is -2.34. The highest BCUT2D eigenvalue weighted by Crippen LogP contribution is 2.28. The maximum atomic E-state index is 7.78. The maximum Gasteiger partial charge on any atom is 0.137 e. The third-order valence-corrected chi connectivity index (χ3v) is 4.17. The topological polar surface area (TPSA) is 70.9 Å². The minimum atomic E-state index is 0.112. The fraction of sp³-hybridized carbons (Fsp3) is 0.714. The van der Waals surface area contributed by atoms with Crippen LogP contribution in [0.5, 0.6) is 0 Å². The zero-order chi connectivity index (χ0) is 14.0. The highest BCUT2D eigenvalue weighted by Gasteiger charge is 2.24. The van der Waals surface area contributed by atoms with Gasteiger partial charge < -0.3 is 10.6 Å². The minimum absolute atomic E-state index is 0.112. The third-order valence-electron chi connectivity index (χ3n) is 4.17. The van der Waals surface area contributed by atoms with Gasteiger partial charge in [-0.25, -0.2) is 0 Å². The van der Waals surface area contributed by atoms with E-state index in [9.17, 15) is 0 Å². The van der Waals surface area contributed by atoms with Crippen LogP contribution >= 0.6 is 0 Å². The van der Waals surface area contributed by atoms with Gasteiger partial charge in [-0.1, -0.05) is 25.7 Å². The van der Waals surface area contributed by atoms with Crippen molar-refractivity contribution in [2.45, 2.75) is 51.5 Å². The monoisotopic (exact) mass is 263 g/mol. The van der Waals surface area contributed by atoms with Gasteiger partial charge in [0.2, 0.25) is 0 Å². The number of aryl methyl sites for hydroxylation is 2. The second-order valence-electron chi connectivity index (χ2n) is 5.58. The molecule has 2 rings (SSSR count). The fourth-order valence-electron chi connectivity index (χ4n) is 3.18. The molecule has 0 atom stereocenters. The van der Waals surface area contributed by atoms with Crippen LogP contribution in [0.4, 0.5) is 5.82 Å². The first-order valence-electron chi connectivity index (χ1n) is 7.13. The molecule has 0 unspecified atom stereocenters. The number of amidine groups is 1. The first-order valence-corrected chi connectivity index (χ1v) is 7.13. The highest BCUT2D eigenvalue weighted by atomic mass is 15.4. The van der Waals surface area contributed by atoms with Crippen LogP contribution in [0.3, 0.4) is 0 Å². The van der Waals surface area contributed by atoms with E-state index in [1.54, 1.807) is 0 Å². The molecular formula is C14H25N5. The second-order valence-corrected chi connectivity index (χ2v) is 5.58. The van der Waals surface area contributed by atoms with Gasteiger partial charge in [-0.15, -0.1) is 0 Å². The van der Waals surface area contributed by atoms with Crippen molar-refractivity contribution < 1.29 is 0 Å². The van der Waals surface area contributed by atoms with Crippen LogP contribution in [0.25, 0.3) is 0 Å². The number of nitrogen functional groups attached to an aromatic ring is 1. The number of aromatic nitrogens is 2. The van der Waals surface area contributed by atoms with Crippen molar-refractivity contribution in [3.63, 3.8) is 0 Å². The molecule has 106 valence electrons. The number of anilines is 1. The average molecular weight is 263 g/mol. The van der Waals surface area contributed by atoms with E-state index in [1.807, 2.05) is 18.7 Å². The van der Waals surface area contributed by atoms with Crippen LogP contribution in [0.15, 0.2) is 0 Å². The lowest BCUT2D eigenvalue weighted by Gasteiger charge is -2.29. The Kier molecular flexibility index (Phi) is 4.12. The number of rotatable bonds is 3. The predicted octanol–water partition coefficient (Wildman–Crippen LogP) is 2.17. The summed E-state index contributed by atoms with van der Waals surface area (Å²) < 4.78 is 1.86. The molecule has 1 saturated carbocycles. The molecule has 1 heterocycles. The smallest absolute Gasteiger partial charge is 0.137 e. The van der Waals surface area contributed by atoms with Crippen LogP contribution in [0.1, 0.15) is 49.8 Å². The Bertz CT molecular complexity index is 455. The van der Waals surface area contributed by atoms with Gasteiger partial charge >= 0.3 is 0 Å². The number of nitrogens with zero attached hydrogens (tertiary/aromatic N) is 3. The van der Waals surface area contributed by atoms with E-state index < -0.39 is 0 Å². The summed E-state index contributed by atoms with van der Waals surface area (Å²) >= 11 is 0. The first-order chi connectivity index (χ1) is 9.02. The molecule has 1 aliphatic carbocycles. The molecule has 0 aromatic carbocycles. The fourth-order valence-corrected chi connectivity index (χ4v) is 3.18. The van der Waals surface area contributed by atoms with Gasteiger partial charge in [-0.3, -0.25) is 10.1 Å². The van der Waals surface area contributed by atoms with Gasteiger partial charge in [-0.2, -0.15) is 5.10 Å². The maximum absolute atomic E-state index is 7.78. The lowest BCUT2D eigenvalue weighted by molar-refractivity contribution is 0.539. The second kappa shape index (κ2) is 5.63. The minimum Gasteiger partial charge on any atom is -0.384 e. The van der Waals surface area contributed by atoms with Gasteiger partial charge in [0.25, 0.3) is 0 Å². The molecule has 3 N–H and O–H groups in total. The zero-order valence-electron chi connectivity index (χ0n) is 12.2. The summed E-state index contributed by atoms with van der Waals surface area (Å²) in [7, 11) is 4.04. The van der Waals surface area contributed by atoms with E-state index in [0.717, 1.165) is 17.1 Å². The largest absolute Gasteiger partial charge is 0.384 e. The van der Waals surface area contributed by atoms with E-state index >= 15 is 0 Å². The molecule has 19 heavy (non-hydrogen) atoms. The number of nitrogens with one attached hydrogen (secondary N) is 1. The molecule has 1 aliphatic rings. The molecule has 0 amide bonds. The van der Waals surface area contributed by atoms with E-state index in [1.165, 1.54) is 38.5 Å². The Labute approximate surface area is 115 Å². The van der Waals surface area contributed by atoms with Crippen molar-refractivity contribution in [2.75, 3.05) is 11.9 Å². The zero-order valence-corrected chi connectivity index (χ0v) is 12.2. The Morgan fingerprint density at radius 3 is 2.42 bits per heavy atom. The first kappa shape index (κ1) is 13.9. The third kappa shape index (κ3) is 2.74. The summed E-state index contributed by atoms with van der Waals surface area (Å²) in [5.74, 6) is 1.10. The van der Waals surface area contributed by atoms with Crippen molar-refractivity contribution in [1.82, 2.24) is 9.78 Å². The summed E-state index contributed by atoms with van der Waals surface area (Å²) in [5.41, 5.74) is 7.35. The van der Waals surface area contributed by atoms with Crippen molar-refractivity contribution in [3.05, 3.63) is 11.3 Å².